The minimum Gasteiger partial charge on any atom is -0.493 e. The predicted molar refractivity (Wildman–Crippen MR) is 105 cm³/mol. The van der Waals surface area contributed by atoms with Crippen LogP contribution in [0.15, 0.2) is 47.3 Å². The van der Waals surface area contributed by atoms with Crippen LogP contribution < -0.4 is 25.2 Å². The van der Waals surface area contributed by atoms with Crippen molar-refractivity contribution in [3.05, 3.63) is 52.8 Å². The second kappa shape index (κ2) is 7.91. The molecular formula is C20H20N2O6. The molecule has 0 aliphatic carbocycles. The van der Waals surface area contributed by atoms with Gasteiger partial charge in [0.15, 0.2) is 11.5 Å². The molecule has 8 heteroatoms. The molecular weight excluding hydrogens is 364 g/mol. The Bertz CT molecular complexity index is 1060. The van der Waals surface area contributed by atoms with Gasteiger partial charge in [0.1, 0.15) is 0 Å². The van der Waals surface area contributed by atoms with Gasteiger partial charge in [-0.25, -0.2) is 14.9 Å². The molecule has 0 fully saturated rings. The predicted octanol–water partition coefficient (Wildman–Crippen LogP) is 3.00. The molecule has 1 aromatic heterocycles. The maximum Gasteiger partial charge on any atom is 0.426 e. The van der Waals surface area contributed by atoms with Gasteiger partial charge in [0.05, 0.1) is 34.1 Å². The molecule has 0 saturated carbocycles. The molecule has 0 aliphatic rings. The normalized spacial score (nSPS) is 10.4. The average molecular weight is 384 g/mol. The summed E-state index contributed by atoms with van der Waals surface area (Å²) < 4.78 is 21.9. The van der Waals surface area contributed by atoms with Crippen LogP contribution in [0, 0.1) is 0 Å². The molecule has 0 saturated heterocycles. The Hall–Kier alpha value is -3.68. The fourth-order valence-corrected chi connectivity index (χ4v) is 2.95. The number of rotatable bonds is 5. The quantitative estimate of drug-likeness (QED) is 0.728. The number of nitrogens with one attached hydrogen (secondary N) is 1. The second-order valence-corrected chi connectivity index (χ2v) is 5.77. The molecule has 0 atom stereocenters. The number of amides is 1. The summed E-state index contributed by atoms with van der Waals surface area (Å²) in [5.74, 6) is 1.26. The summed E-state index contributed by atoms with van der Waals surface area (Å²) in [5, 5.41) is 1.18. The van der Waals surface area contributed by atoms with E-state index < -0.39 is 11.7 Å². The number of hydrogen-bond donors (Lipinski definition) is 1. The van der Waals surface area contributed by atoms with E-state index in [-0.39, 0.29) is 0 Å². The van der Waals surface area contributed by atoms with Crippen molar-refractivity contribution in [2.75, 3.05) is 33.9 Å². The van der Waals surface area contributed by atoms with Gasteiger partial charge in [-0.2, -0.15) is 0 Å². The second-order valence-electron chi connectivity index (χ2n) is 5.77. The van der Waals surface area contributed by atoms with Crippen molar-refractivity contribution in [1.82, 2.24) is 4.68 Å². The SMILES string of the molecule is COC(=O)Nn1c(-c2cc(OC)c(OC)c(OC)c2)cc2ccccc2c1=O. The van der Waals surface area contributed by atoms with Crippen LogP contribution in [0.4, 0.5) is 4.79 Å². The number of aromatic nitrogens is 1. The molecule has 2 aromatic carbocycles. The van der Waals surface area contributed by atoms with Gasteiger partial charge >= 0.3 is 6.09 Å². The topological polar surface area (TPSA) is 88.0 Å². The lowest BCUT2D eigenvalue weighted by atomic mass is 10.1. The van der Waals surface area contributed by atoms with Gasteiger partial charge in [-0.3, -0.25) is 4.79 Å². The Morgan fingerprint density at radius 3 is 2.14 bits per heavy atom. The van der Waals surface area contributed by atoms with Crippen molar-refractivity contribution >= 4 is 16.9 Å². The lowest BCUT2D eigenvalue weighted by Gasteiger charge is -2.18. The highest BCUT2D eigenvalue weighted by Gasteiger charge is 2.18. The summed E-state index contributed by atoms with van der Waals surface area (Å²) in [6, 6.07) is 12.3. The Kier molecular flexibility index (Phi) is 5.39. The van der Waals surface area contributed by atoms with Crippen LogP contribution in [0.3, 0.4) is 0 Å². The van der Waals surface area contributed by atoms with Crippen LogP contribution >= 0.6 is 0 Å². The highest BCUT2D eigenvalue weighted by molar-refractivity contribution is 5.87. The van der Waals surface area contributed by atoms with E-state index in [1.54, 1.807) is 30.3 Å². The molecule has 0 spiro atoms. The first-order valence-corrected chi connectivity index (χ1v) is 8.34. The zero-order valence-electron chi connectivity index (χ0n) is 15.9. The third kappa shape index (κ3) is 3.32. The fourth-order valence-electron chi connectivity index (χ4n) is 2.95. The number of nitrogens with zero attached hydrogens (tertiary/aromatic N) is 1. The number of methoxy groups -OCH3 is 4. The van der Waals surface area contributed by atoms with Crippen LogP contribution in [0.25, 0.3) is 22.0 Å². The van der Waals surface area contributed by atoms with Gasteiger partial charge in [-0.15, -0.1) is 0 Å². The summed E-state index contributed by atoms with van der Waals surface area (Å²) in [4.78, 5) is 24.8. The first-order valence-electron chi connectivity index (χ1n) is 8.34. The number of pyridine rings is 1. The molecule has 3 rings (SSSR count). The molecule has 28 heavy (non-hydrogen) atoms. The average Bonchev–Trinajstić information content (AvgIpc) is 2.74. The molecule has 0 aliphatic heterocycles. The number of hydrogen-bond acceptors (Lipinski definition) is 6. The van der Waals surface area contributed by atoms with E-state index in [0.29, 0.717) is 33.9 Å². The van der Waals surface area contributed by atoms with Crippen LogP contribution in [-0.2, 0) is 4.74 Å². The molecule has 0 bridgehead atoms. The molecule has 0 unspecified atom stereocenters. The van der Waals surface area contributed by atoms with Gasteiger partial charge in [0, 0.05) is 10.9 Å². The van der Waals surface area contributed by atoms with Gasteiger partial charge in [0.2, 0.25) is 5.75 Å². The smallest absolute Gasteiger partial charge is 0.426 e. The molecule has 0 radical (unpaired) electrons. The van der Waals surface area contributed by atoms with E-state index in [0.717, 1.165) is 10.1 Å². The molecule has 1 N–H and O–H groups in total. The van der Waals surface area contributed by atoms with Crippen LogP contribution in [-0.4, -0.2) is 39.2 Å². The summed E-state index contributed by atoms with van der Waals surface area (Å²) in [6.07, 6.45) is -0.772. The summed E-state index contributed by atoms with van der Waals surface area (Å²) in [7, 11) is 5.73. The monoisotopic (exact) mass is 384 g/mol. The van der Waals surface area contributed by atoms with Crippen molar-refractivity contribution < 1.29 is 23.7 Å². The molecule has 8 nitrogen and oxygen atoms in total. The van der Waals surface area contributed by atoms with E-state index in [4.69, 9.17) is 14.2 Å². The number of ether oxygens (including phenoxy) is 4. The van der Waals surface area contributed by atoms with Crippen molar-refractivity contribution in [2.45, 2.75) is 0 Å². The molecule has 1 amide bonds. The summed E-state index contributed by atoms with van der Waals surface area (Å²) in [6.45, 7) is 0. The number of benzene rings is 2. The Labute approximate surface area is 161 Å². The first kappa shape index (κ1) is 19.1. The Balaban J connectivity index is 2.34. The minimum atomic E-state index is -0.772. The van der Waals surface area contributed by atoms with Crippen LogP contribution in [0.1, 0.15) is 0 Å². The standard InChI is InChI=1S/C20H20N2O6/c1-25-16-10-13(11-17(26-2)18(16)27-3)15-9-12-7-5-6-8-14(12)19(23)22(15)21-20(24)28-4/h5-11H,1-4H3,(H,21,24). The third-order valence-corrected chi connectivity index (χ3v) is 4.28. The van der Waals surface area contributed by atoms with Gasteiger partial charge in [0.25, 0.3) is 5.56 Å². The maximum absolute atomic E-state index is 13.0. The largest absolute Gasteiger partial charge is 0.493 e. The fraction of sp³-hybridized carbons (Fsp3) is 0.200. The van der Waals surface area contributed by atoms with E-state index in [1.165, 1.54) is 28.4 Å². The highest BCUT2D eigenvalue weighted by atomic mass is 16.5. The maximum atomic E-state index is 13.0. The summed E-state index contributed by atoms with van der Waals surface area (Å²) >= 11 is 0. The zero-order chi connectivity index (χ0) is 20.3. The van der Waals surface area contributed by atoms with Gasteiger partial charge in [-0.1, -0.05) is 18.2 Å². The Morgan fingerprint density at radius 2 is 1.57 bits per heavy atom. The molecule has 146 valence electrons. The van der Waals surface area contributed by atoms with Crippen molar-refractivity contribution in [1.29, 1.82) is 0 Å². The van der Waals surface area contributed by atoms with Crippen molar-refractivity contribution in [2.24, 2.45) is 0 Å². The minimum absolute atomic E-state index is 0.396. The van der Waals surface area contributed by atoms with E-state index >= 15 is 0 Å². The number of fused-ring (bicyclic) bond motifs is 1. The highest BCUT2D eigenvalue weighted by Crippen LogP contribution is 2.41. The van der Waals surface area contributed by atoms with Gasteiger partial charge < -0.3 is 18.9 Å². The zero-order valence-corrected chi connectivity index (χ0v) is 15.9. The van der Waals surface area contributed by atoms with Crippen LogP contribution in [0.5, 0.6) is 17.2 Å². The lowest BCUT2D eigenvalue weighted by molar-refractivity contribution is 0.183. The van der Waals surface area contributed by atoms with Gasteiger partial charge in [-0.05, 0) is 29.7 Å². The number of carbonyl (C=O) groups is 1. The lowest BCUT2D eigenvalue weighted by Crippen LogP contribution is -2.34. The molecule has 3 aromatic rings. The third-order valence-electron chi connectivity index (χ3n) is 4.28. The van der Waals surface area contributed by atoms with Crippen LogP contribution in [0.2, 0.25) is 0 Å². The summed E-state index contributed by atoms with van der Waals surface area (Å²) in [5.41, 5.74) is 3.06. The molecule has 1 heterocycles. The van der Waals surface area contributed by atoms with Crippen molar-refractivity contribution in [3.8, 4) is 28.5 Å². The Morgan fingerprint density at radius 1 is 0.929 bits per heavy atom. The van der Waals surface area contributed by atoms with Crippen molar-refractivity contribution in [3.63, 3.8) is 0 Å². The van der Waals surface area contributed by atoms with E-state index in [2.05, 4.69) is 10.2 Å². The van der Waals surface area contributed by atoms with E-state index in [1.807, 2.05) is 12.1 Å². The van der Waals surface area contributed by atoms with E-state index in [9.17, 15) is 9.59 Å². The first-order chi connectivity index (χ1) is 13.5. The number of carbonyl (C=O) groups excluding carboxylic acids is 1.